The van der Waals surface area contributed by atoms with Gasteiger partial charge in [0, 0.05) is 20.2 Å². The van der Waals surface area contributed by atoms with E-state index in [1.54, 1.807) is 12.0 Å². The standard InChI is InChI=1S/C8H15NO2/c1-8(11-2)3-5-9(7-10)6-4-8/h7H,3-6H2,1-2H3. The van der Waals surface area contributed by atoms with Crippen molar-refractivity contribution < 1.29 is 9.53 Å². The zero-order valence-corrected chi connectivity index (χ0v) is 7.17. The molecular formula is C8H15NO2. The maximum Gasteiger partial charge on any atom is 0.209 e. The molecule has 1 amide bonds. The number of rotatable bonds is 2. The van der Waals surface area contributed by atoms with Gasteiger partial charge in [0.05, 0.1) is 5.60 Å². The maximum atomic E-state index is 10.3. The fourth-order valence-corrected chi connectivity index (χ4v) is 1.31. The number of carbonyl (C=O) groups is 1. The van der Waals surface area contributed by atoms with Crippen molar-refractivity contribution in [1.82, 2.24) is 4.90 Å². The van der Waals surface area contributed by atoms with Crippen LogP contribution in [0.5, 0.6) is 0 Å². The normalized spacial score (nSPS) is 23.3. The van der Waals surface area contributed by atoms with Gasteiger partial charge in [-0.05, 0) is 19.8 Å². The van der Waals surface area contributed by atoms with Crippen molar-refractivity contribution in [3.05, 3.63) is 0 Å². The lowest BCUT2D eigenvalue weighted by atomic mass is 9.94. The number of carbonyl (C=O) groups excluding carboxylic acids is 1. The maximum absolute atomic E-state index is 10.3. The predicted octanol–water partition coefficient (Wildman–Crippen LogP) is 0.644. The number of piperidine rings is 1. The highest BCUT2D eigenvalue weighted by Gasteiger charge is 2.28. The Kier molecular flexibility index (Phi) is 2.49. The van der Waals surface area contributed by atoms with E-state index in [1.807, 2.05) is 0 Å². The quantitative estimate of drug-likeness (QED) is 0.551. The van der Waals surface area contributed by atoms with Crippen molar-refractivity contribution in [3.8, 4) is 0 Å². The van der Waals surface area contributed by atoms with Crippen molar-refractivity contribution in [3.63, 3.8) is 0 Å². The zero-order chi connectivity index (χ0) is 8.32. The molecular weight excluding hydrogens is 142 g/mol. The van der Waals surface area contributed by atoms with E-state index < -0.39 is 0 Å². The summed E-state index contributed by atoms with van der Waals surface area (Å²) in [5.74, 6) is 0. The van der Waals surface area contributed by atoms with E-state index in [9.17, 15) is 4.79 Å². The highest BCUT2D eigenvalue weighted by atomic mass is 16.5. The van der Waals surface area contributed by atoms with Crippen molar-refractivity contribution in [1.29, 1.82) is 0 Å². The molecule has 0 aromatic carbocycles. The van der Waals surface area contributed by atoms with Gasteiger partial charge in [-0.2, -0.15) is 0 Å². The van der Waals surface area contributed by atoms with Crippen LogP contribution >= 0.6 is 0 Å². The van der Waals surface area contributed by atoms with Crippen LogP contribution in [0.2, 0.25) is 0 Å². The van der Waals surface area contributed by atoms with Gasteiger partial charge in [-0.15, -0.1) is 0 Å². The minimum atomic E-state index is -0.000486. The fourth-order valence-electron chi connectivity index (χ4n) is 1.31. The lowest BCUT2D eigenvalue weighted by Gasteiger charge is -2.36. The largest absolute Gasteiger partial charge is 0.378 e. The average molecular weight is 157 g/mol. The molecule has 3 heteroatoms. The number of methoxy groups -OCH3 is 1. The van der Waals surface area contributed by atoms with E-state index in [1.165, 1.54) is 0 Å². The second-order valence-electron chi connectivity index (χ2n) is 3.30. The van der Waals surface area contributed by atoms with Gasteiger partial charge < -0.3 is 9.64 Å². The van der Waals surface area contributed by atoms with Gasteiger partial charge in [-0.1, -0.05) is 0 Å². The Hall–Kier alpha value is -0.570. The summed E-state index contributed by atoms with van der Waals surface area (Å²) in [6.45, 7) is 3.75. The molecule has 0 aromatic rings. The molecule has 1 aliphatic rings. The number of hydrogen-bond acceptors (Lipinski definition) is 2. The number of likely N-dealkylation sites (tertiary alicyclic amines) is 1. The molecule has 0 radical (unpaired) electrons. The van der Waals surface area contributed by atoms with E-state index in [4.69, 9.17) is 4.74 Å². The Morgan fingerprint density at radius 1 is 1.45 bits per heavy atom. The summed E-state index contributed by atoms with van der Waals surface area (Å²) in [4.78, 5) is 12.1. The van der Waals surface area contributed by atoms with Crippen molar-refractivity contribution in [2.24, 2.45) is 0 Å². The van der Waals surface area contributed by atoms with E-state index in [2.05, 4.69) is 6.92 Å². The molecule has 1 saturated heterocycles. The van der Waals surface area contributed by atoms with Crippen LogP contribution in [-0.2, 0) is 9.53 Å². The Balaban J connectivity index is 2.40. The van der Waals surface area contributed by atoms with E-state index in [0.717, 1.165) is 32.3 Å². The first-order valence-electron chi connectivity index (χ1n) is 3.95. The minimum Gasteiger partial charge on any atom is -0.378 e. The van der Waals surface area contributed by atoms with Crippen LogP contribution in [-0.4, -0.2) is 37.1 Å². The third-order valence-corrected chi connectivity index (χ3v) is 2.50. The molecule has 0 unspecified atom stereocenters. The monoisotopic (exact) mass is 157 g/mol. The summed E-state index contributed by atoms with van der Waals surface area (Å²) >= 11 is 0. The zero-order valence-electron chi connectivity index (χ0n) is 7.17. The first kappa shape index (κ1) is 8.53. The summed E-state index contributed by atoms with van der Waals surface area (Å²) in [6.07, 6.45) is 2.81. The van der Waals surface area contributed by atoms with Crippen LogP contribution in [0, 0.1) is 0 Å². The summed E-state index contributed by atoms with van der Waals surface area (Å²) < 4.78 is 5.33. The minimum absolute atomic E-state index is 0.000486. The summed E-state index contributed by atoms with van der Waals surface area (Å²) in [5.41, 5.74) is -0.000486. The van der Waals surface area contributed by atoms with Gasteiger partial charge in [0.2, 0.25) is 6.41 Å². The van der Waals surface area contributed by atoms with Crippen molar-refractivity contribution in [2.45, 2.75) is 25.4 Å². The topological polar surface area (TPSA) is 29.5 Å². The second kappa shape index (κ2) is 3.22. The molecule has 0 N–H and O–H groups in total. The molecule has 0 saturated carbocycles. The number of ether oxygens (including phenoxy) is 1. The van der Waals surface area contributed by atoms with Gasteiger partial charge >= 0.3 is 0 Å². The van der Waals surface area contributed by atoms with E-state index >= 15 is 0 Å². The third kappa shape index (κ3) is 1.93. The van der Waals surface area contributed by atoms with Gasteiger partial charge in [0.25, 0.3) is 0 Å². The average Bonchev–Trinajstić information content (AvgIpc) is 2.06. The van der Waals surface area contributed by atoms with Crippen LogP contribution < -0.4 is 0 Å². The molecule has 0 atom stereocenters. The highest BCUT2D eigenvalue weighted by Crippen LogP contribution is 2.23. The van der Waals surface area contributed by atoms with Gasteiger partial charge in [-0.25, -0.2) is 0 Å². The highest BCUT2D eigenvalue weighted by molar-refractivity contribution is 5.47. The summed E-state index contributed by atoms with van der Waals surface area (Å²) in [5, 5.41) is 0. The second-order valence-corrected chi connectivity index (χ2v) is 3.30. The van der Waals surface area contributed by atoms with Gasteiger partial charge in [0.1, 0.15) is 0 Å². The Labute approximate surface area is 67.3 Å². The third-order valence-electron chi connectivity index (χ3n) is 2.50. The van der Waals surface area contributed by atoms with Crippen molar-refractivity contribution in [2.75, 3.05) is 20.2 Å². The van der Waals surface area contributed by atoms with E-state index in [-0.39, 0.29) is 5.60 Å². The first-order chi connectivity index (χ1) is 5.20. The molecule has 1 heterocycles. The van der Waals surface area contributed by atoms with Crippen LogP contribution in [0.4, 0.5) is 0 Å². The molecule has 0 aromatic heterocycles. The smallest absolute Gasteiger partial charge is 0.209 e. The lowest BCUT2D eigenvalue weighted by molar-refractivity contribution is -0.122. The van der Waals surface area contributed by atoms with Crippen LogP contribution in [0.15, 0.2) is 0 Å². The van der Waals surface area contributed by atoms with Crippen LogP contribution in [0.25, 0.3) is 0 Å². The molecule has 0 spiro atoms. The Morgan fingerprint density at radius 2 is 2.00 bits per heavy atom. The van der Waals surface area contributed by atoms with Crippen LogP contribution in [0.3, 0.4) is 0 Å². The molecule has 0 aliphatic carbocycles. The number of hydrogen-bond donors (Lipinski definition) is 0. The molecule has 3 nitrogen and oxygen atoms in total. The van der Waals surface area contributed by atoms with E-state index in [0.29, 0.717) is 0 Å². The Morgan fingerprint density at radius 3 is 2.36 bits per heavy atom. The Bertz CT molecular complexity index is 139. The summed E-state index contributed by atoms with van der Waals surface area (Å²) in [7, 11) is 1.73. The van der Waals surface area contributed by atoms with Crippen LogP contribution in [0.1, 0.15) is 19.8 Å². The molecule has 1 rings (SSSR count). The predicted molar refractivity (Wildman–Crippen MR) is 42.3 cm³/mol. The number of nitrogens with zero attached hydrogens (tertiary/aromatic N) is 1. The SMILES string of the molecule is COC1(C)CCN(C=O)CC1. The molecule has 0 bridgehead atoms. The fraction of sp³-hybridized carbons (Fsp3) is 0.875. The van der Waals surface area contributed by atoms with Gasteiger partial charge in [0.15, 0.2) is 0 Å². The number of amides is 1. The molecule has 1 fully saturated rings. The molecule has 1 aliphatic heterocycles. The molecule has 11 heavy (non-hydrogen) atoms. The summed E-state index contributed by atoms with van der Waals surface area (Å²) in [6, 6.07) is 0. The van der Waals surface area contributed by atoms with Gasteiger partial charge in [-0.3, -0.25) is 4.79 Å². The first-order valence-corrected chi connectivity index (χ1v) is 3.95. The molecule has 64 valence electrons. The van der Waals surface area contributed by atoms with Crippen molar-refractivity contribution >= 4 is 6.41 Å². The lowest BCUT2D eigenvalue weighted by Crippen LogP contribution is -2.42.